The molecule has 0 saturated carbocycles. The van der Waals surface area contributed by atoms with Crippen LogP contribution < -0.4 is 10.5 Å². The number of nitrogens with zero attached hydrogens (tertiary/aromatic N) is 7. The second-order valence-corrected chi connectivity index (χ2v) is 9.68. The molecule has 5 aromatic rings. The molecule has 0 fully saturated rings. The van der Waals surface area contributed by atoms with Gasteiger partial charge in [0.05, 0.1) is 19.0 Å². The van der Waals surface area contributed by atoms with Crippen LogP contribution in [0.25, 0.3) is 28.0 Å². The first kappa shape index (κ1) is 27.7. The van der Waals surface area contributed by atoms with E-state index in [1.165, 1.54) is 19.5 Å². The van der Waals surface area contributed by atoms with Gasteiger partial charge in [0.1, 0.15) is 12.1 Å². The van der Waals surface area contributed by atoms with Gasteiger partial charge >= 0.3 is 0 Å². The normalized spacial score (nSPS) is 12.0. The maximum Gasteiger partial charge on any atom is 0.291 e. The van der Waals surface area contributed by atoms with Gasteiger partial charge < -0.3 is 20.4 Å². The molecule has 1 atom stereocenters. The number of carbonyl (C=O) groups is 1. The molecule has 0 aliphatic carbocycles. The second kappa shape index (κ2) is 12.1. The standard InChI is InChI=1S/C29H32FN9O2/c1-4-12-38(29(40)27-33-17-34-37-27)21(5-2)9-8-20-14-26(31)39-28(36-20)22(16-35-39)19-6-10-24(32-15-19)18-7-11-25(41-3)23(30)13-18/h6-7,10-11,13-17,21H,4-5,8-9,12,31H2,1-3H3,(H,33,34,37)/t21-/m1/s1. The van der Waals surface area contributed by atoms with Crippen LogP contribution in [0, 0.1) is 5.82 Å². The van der Waals surface area contributed by atoms with Crippen molar-refractivity contribution in [3.63, 3.8) is 0 Å². The van der Waals surface area contributed by atoms with Gasteiger partial charge in [-0.3, -0.25) is 9.78 Å². The van der Waals surface area contributed by atoms with E-state index in [2.05, 4.69) is 32.2 Å². The zero-order chi connectivity index (χ0) is 28.9. The lowest BCUT2D eigenvalue weighted by atomic mass is 10.0. The van der Waals surface area contributed by atoms with Crippen LogP contribution in [-0.2, 0) is 6.42 Å². The minimum absolute atomic E-state index is 0.00396. The highest BCUT2D eigenvalue weighted by atomic mass is 19.1. The zero-order valence-corrected chi connectivity index (χ0v) is 23.2. The van der Waals surface area contributed by atoms with E-state index >= 15 is 0 Å². The summed E-state index contributed by atoms with van der Waals surface area (Å²) < 4.78 is 20.8. The Bertz CT molecular complexity index is 1630. The number of carbonyl (C=O) groups excluding carboxylic acids is 1. The van der Waals surface area contributed by atoms with Crippen LogP contribution in [0.3, 0.4) is 0 Å². The van der Waals surface area contributed by atoms with Crippen LogP contribution in [0.15, 0.2) is 55.1 Å². The average molecular weight is 558 g/mol. The molecule has 41 heavy (non-hydrogen) atoms. The van der Waals surface area contributed by atoms with Crippen LogP contribution in [0.4, 0.5) is 10.2 Å². The summed E-state index contributed by atoms with van der Waals surface area (Å²) in [6, 6.07) is 10.3. The predicted molar refractivity (Wildman–Crippen MR) is 153 cm³/mol. The molecule has 0 radical (unpaired) electrons. The van der Waals surface area contributed by atoms with Crippen LogP contribution in [0.1, 0.15) is 49.4 Å². The van der Waals surface area contributed by atoms with E-state index in [1.54, 1.807) is 29.0 Å². The fourth-order valence-electron chi connectivity index (χ4n) is 4.95. The van der Waals surface area contributed by atoms with Crippen LogP contribution in [-0.4, -0.2) is 65.3 Å². The average Bonchev–Trinajstić information content (AvgIpc) is 3.68. The molecule has 4 aromatic heterocycles. The Labute approximate surface area is 236 Å². The van der Waals surface area contributed by atoms with Gasteiger partial charge in [0, 0.05) is 47.2 Å². The number of nitrogens with one attached hydrogen (secondary N) is 1. The van der Waals surface area contributed by atoms with Gasteiger partial charge in [-0.1, -0.05) is 19.9 Å². The van der Waals surface area contributed by atoms with E-state index < -0.39 is 5.82 Å². The molecule has 0 bridgehead atoms. The van der Waals surface area contributed by atoms with E-state index in [0.29, 0.717) is 42.1 Å². The summed E-state index contributed by atoms with van der Waals surface area (Å²) in [4.78, 5) is 27.2. The number of hydrogen-bond donors (Lipinski definition) is 2. The summed E-state index contributed by atoms with van der Waals surface area (Å²) in [5.41, 5.74) is 10.6. The summed E-state index contributed by atoms with van der Waals surface area (Å²) in [7, 11) is 1.43. The Morgan fingerprint density at radius 1 is 1.17 bits per heavy atom. The number of rotatable bonds is 11. The number of nitrogens with two attached hydrogens (primary N) is 1. The van der Waals surface area contributed by atoms with Crippen molar-refractivity contribution in [1.29, 1.82) is 0 Å². The molecule has 12 heteroatoms. The smallest absolute Gasteiger partial charge is 0.291 e. The van der Waals surface area contributed by atoms with Gasteiger partial charge in [0.2, 0.25) is 5.82 Å². The number of aryl methyl sites for hydroxylation is 1. The van der Waals surface area contributed by atoms with Crippen molar-refractivity contribution >= 4 is 17.4 Å². The minimum atomic E-state index is -0.448. The highest BCUT2D eigenvalue weighted by molar-refractivity contribution is 5.90. The van der Waals surface area contributed by atoms with Gasteiger partial charge in [-0.05, 0) is 49.9 Å². The molecule has 0 unspecified atom stereocenters. The highest BCUT2D eigenvalue weighted by Gasteiger charge is 2.25. The molecule has 3 N–H and O–H groups in total. The van der Waals surface area contributed by atoms with Crippen molar-refractivity contribution < 1.29 is 13.9 Å². The first-order chi connectivity index (χ1) is 19.9. The molecule has 0 aliphatic heterocycles. The number of pyridine rings is 1. The number of ether oxygens (including phenoxy) is 1. The Balaban J connectivity index is 1.37. The highest BCUT2D eigenvalue weighted by Crippen LogP contribution is 2.29. The molecule has 5 rings (SSSR count). The Morgan fingerprint density at radius 3 is 2.66 bits per heavy atom. The monoisotopic (exact) mass is 557 g/mol. The van der Waals surface area contributed by atoms with Gasteiger partial charge in [-0.2, -0.15) is 9.61 Å². The van der Waals surface area contributed by atoms with Crippen molar-refractivity contribution in [2.45, 2.75) is 45.6 Å². The summed E-state index contributed by atoms with van der Waals surface area (Å²) in [6.45, 7) is 4.73. The molecule has 4 heterocycles. The van der Waals surface area contributed by atoms with Crippen LogP contribution in [0.2, 0.25) is 0 Å². The lowest BCUT2D eigenvalue weighted by molar-refractivity contribution is 0.0650. The van der Waals surface area contributed by atoms with Crippen molar-refractivity contribution in [2.75, 3.05) is 19.4 Å². The van der Waals surface area contributed by atoms with E-state index in [-0.39, 0.29) is 23.5 Å². The maximum absolute atomic E-state index is 14.2. The van der Waals surface area contributed by atoms with Crippen LogP contribution in [0.5, 0.6) is 5.75 Å². The lowest BCUT2D eigenvalue weighted by Crippen LogP contribution is -2.41. The van der Waals surface area contributed by atoms with Gasteiger partial charge in [0.15, 0.2) is 17.2 Å². The molecular weight excluding hydrogens is 525 g/mol. The van der Waals surface area contributed by atoms with Gasteiger partial charge in [-0.15, -0.1) is 10.2 Å². The van der Waals surface area contributed by atoms with Crippen LogP contribution >= 0.6 is 0 Å². The van der Waals surface area contributed by atoms with E-state index in [4.69, 9.17) is 15.5 Å². The third-order valence-electron chi connectivity index (χ3n) is 7.06. The molecule has 0 saturated heterocycles. The topological polar surface area (TPSA) is 140 Å². The third kappa shape index (κ3) is 5.72. The van der Waals surface area contributed by atoms with Gasteiger partial charge in [0.25, 0.3) is 5.91 Å². The minimum Gasteiger partial charge on any atom is -0.494 e. The third-order valence-corrected chi connectivity index (χ3v) is 7.06. The second-order valence-electron chi connectivity index (χ2n) is 9.68. The fourth-order valence-corrected chi connectivity index (χ4v) is 4.95. The van der Waals surface area contributed by atoms with Gasteiger partial charge in [-0.25, -0.2) is 9.37 Å². The maximum atomic E-state index is 14.2. The number of halogens is 1. The number of aromatic nitrogens is 7. The number of benzene rings is 1. The summed E-state index contributed by atoms with van der Waals surface area (Å²) in [5.74, 6) is 0.273. The predicted octanol–water partition coefficient (Wildman–Crippen LogP) is 4.57. The molecule has 1 amide bonds. The Morgan fingerprint density at radius 2 is 2.00 bits per heavy atom. The first-order valence-corrected chi connectivity index (χ1v) is 13.5. The van der Waals surface area contributed by atoms with Crippen molar-refractivity contribution in [3.8, 4) is 28.1 Å². The Hall–Kier alpha value is -4.87. The number of anilines is 1. The molecule has 212 valence electrons. The van der Waals surface area contributed by atoms with E-state index in [9.17, 15) is 9.18 Å². The molecule has 11 nitrogen and oxygen atoms in total. The Kier molecular flexibility index (Phi) is 8.18. The van der Waals surface area contributed by atoms with Crippen molar-refractivity contribution in [2.24, 2.45) is 0 Å². The quantitative estimate of drug-likeness (QED) is 0.241. The summed E-state index contributed by atoms with van der Waals surface area (Å²) in [5, 5.41) is 12.1. The lowest BCUT2D eigenvalue weighted by Gasteiger charge is -2.30. The largest absolute Gasteiger partial charge is 0.494 e. The van der Waals surface area contributed by atoms with E-state index in [0.717, 1.165) is 29.7 Å². The summed E-state index contributed by atoms with van der Waals surface area (Å²) >= 11 is 0. The summed E-state index contributed by atoms with van der Waals surface area (Å²) in [6.07, 6.45) is 7.76. The molecule has 1 aromatic carbocycles. The number of amides is 1. The van der Waals surface area contributed by atoms with E-state index in [1.807, 2.05) is 30.0 Å². The molecular formula is C29H32FN9O2. The number of H-pyrrole nitrogens is 1. The number of aromatic amines is 1. The number of methoxy groups -OCH3 is 1. The SMILES string of the molecule is CCCN(C(=O)c1nnc[nH]1)[C@H](CC)CCc1cc(N)n2ncc(-c3ccc(-c4ccc(OC)c(F)c4)nc3)c2n1. The van der Waals surface area contributed by atoms with Crippen molar-refractivity contribution in [3.05, 3.63) is 72.5 Å². The number of fused-ring (bicyclic) bond motifs is 1. The van der Waals surface area contributed by atoms with Crippen molar-refractivity contribution in [1.82, 2.24) is 39.7 Å². The number of hydrogen-bond acceptors (Lipinski definition) is 8. The molecule has 0 aliphatic rings. The zero-order valence-electron chi connectivity index (χ0n) is 23.2. The number of nitrogen functional groups attached to an aromatic ring is 1. The molecule has 0 spiro atoms. The first-order valence-electron chi connectivity index (χ1n) is 13.5. The fraction of sp³-hybridized carbons (Fsp3) is 0.310.